The number of benzene rings is 4. The summed E-state index contributed by atoms with van der Waals surface area (Å²) in [7, 11) is -2.78. The summed E-state index contributed by atoms with van der Waals surface area (Å²) >= 11 is 0. The van der Waals surface area contributed by atoms with E-state index in [2.05, 4.69) is 5.32 Å². The summed E-state index contributed by atoms with van der Waals surface area (Å²) in [5, 5.41) is 2.67. The van der Waals surface area contributed by atoms with Gasteiger partial charge in [0.25, 0.3) is 10.0 Å². The molecule has 0 bridgehead atoms. The number of halogens is 1. The van der Waals surface area contributed by atoms with Crippen molar-refractivity contribution in [3.63, 3.8) is 0 Å². The standard InChI is InChI=1S/C33H34FN3O4S/c1-24-13-17-29(18-14-24)37(42(40,41)30-19-15-28(34)16-20-30)23-32(38)36(22-27-12-8-7-9-25(27)2)31(33(39)35-3)21-26-10-5-4-6-11-26/h4-20,31H,21-23H2,1-3H3,(H,35,39)/t31-/m1/s1. The summed E-state index contributed by atoms with van der Waals surface area (Å²) in [6, 6.07) is 27.2. The molecule has 1 N–H and O–H groups in total. The van der Waals surface area contributed by atoms with Crippen molar-refractivity contribution in [3.8, 4) is 0 Å². The van der Waals surface area contributed by atoms with E-state index >= 15 is 0 Å². The largest absolute Gasteiger partial charge is 0.357 e. The maximum Gasteiger partial charge on any atom is 0.264 e. The lowest BCUT2D eigenvalue weighted by atomic mass is 10.0. The van der Waals surface area contributed by atoms with E-state index in [0.29, 0.717) is 0 Å². The molecule has 0 heterocycles. The molecule has 4 rings (SSSR count). The van der Waals surface area contributed by atoms with E-state index in [0.717, 1.165) is 38.7 Å². The molecule has 7 nitrogen and oxygen atoms in total. The van der Waals surface area contributed by atoms with Gasteiger partial charge in [-0.3, -0.25) is 13.9 Å². The molecule has 0 aliphatic carbocycles. The van der Waals surface area contributed by atoms with Crippen molar-refractivity contribution in [1.82, 2.24) is 10.2 Å². The first-order valence-electron chi connectivity index (χ1n) is 13.5. The van der Waals surface area contributed by atoms with E-state index in [4.69, 9.17) is 0 Å². The van der Waals surface area contributed by atoms with Gasteiger partial charge in [0.05, 0.1) is 10.6 Å². The molecule has 42 heavy (non-hydrogen) atoms. The van der Waals surface area contributed by atoms with Gasteiger partial charge in [0.2, 0.25) is 11.8 Å². The number of rotatable bonds is 11. The van der Waals surface area contributed by atoms with Crippen molar-refractivity contribution in [2.45, 2.75) is 37.8 Å². The quantitative estimate of drug-likeness (QED) is 0.267. The number of nitrogens with one attached hydrogen (secondary N) is 1. The van der Waals surface area contributed by atoms with Gasteiger partial charge in [0.1, 0.15) is 18.4 Å². The molecule has 0 aliphatic rings. The summed E-state index contributed by atoms with van der Waals surface area (Å²) < 4.78 is 42.5. The number of sulfonamides is 1. The first-order chi connectivity index (χ1) is 20.1. The van der Waals surface area contributed by atoms with Gasteiger partial charge in [-0.05, 0) is 66.9 Å². The Kier molecular flexibility index (Phi) is 9.75. The lowest BCUT2D eigenvalue weighted by Crippen LogP contribution is -2.53. The van der Waals surface area contributed by atoms with Crippen molar-refractivity contribution < 1.29 is 22.4 Å². The van der Waals surface area contributed by atoms with Crippen molar-refractivity contribution in [2.75, 3.05) is 17.9 Å². The predicted octanol–water partition coefficient (Wildman–Crippen LogP) is 5.02. The van der Waals surface area contributed by atoms with Gasteiger partial charge in [-0.25, -0.2) is 12.8 Å². The van der Waals surface area contributed by atoms with Gasteiger partial charge < -0.3 is 10.2 Å². The highest BCUT2D eigenvalue weighted by molar-refractivity contribution is 7.92. The topological polar surface area (TPSA) is 86.8 Å². The molecule has 4 aromatic rings. The van der Waals surface area contributed by atoms with Crippen LogP contribution in [0, 0.1) is 19.7 Å². The molecule has 9 heteroatoms. The van der Waals surface area contributed by atoms with Gasteiger partial charge in [0, 0.05) is 20.0 Å². The molecule has 0 radical (unpaired) electrons. The van der Waals surface area contributed by atoms with E-state index in [-0.39, 0.29) is 29.5 Å². The Morgan fingerprint density at radius 2 is 1.45 bits per heavy atom. The summed E-state index contributed by atoms with van der Waals surface area (Å²) in [4.78, 5) is 28.9. The van der Waals surface area contributed by atoms with Crippen LogP contribution in [0.1, 0.15) is 22.3 Å². The third-order valence-corrected chi connectivity index (χ3v) is 8.91. The van der Waals surface area contributed by atoms with E-state index < -0.39 is 34.3 Å². The molecule has 2 amide bonds. The highest BCUT2D eigenvalue weighted by Crippen LogP contribution is 2.26. The average Bonchev–Trinajstić information content (AvgIpc) is 2.99. The summed E-state index contributed by atoms with van der Waals surface area (Å²) in [6.07, 6.45) is 0.230. The SMILES string of the molecule is CNC(=O)[C@@H](Cc1ccccc1)N(Cc1ccccc1C)C(=O)CN(c1ccc(C)cc1)S(=O)(=O)c1ccc(F)cc1. The molecule has 0 aliphatic heterocycles. The fourth-order valence-electron chi connectivity index (χ4n) is 4.67. The predicted molar refractivity (Wildman–Crippen MR) is 162 cm³/mol. The number of amides is 2. The maximum atomic E-state index is 14.3. The normalized spacial score (nSPS) is 11.9. The third-order valence-electron chi connectivity index (χ3n) is 7.12. The minimum atomic E-state index is -4.29. The Bertz CT molecular complexity index is 1630. The second-order valence-electron chi connectivity index (χ2n) is 10.1. The van der Waals surface area contributed by atoms with Crippen LogP contribution in [-0.4, -0.2) is 44.8 Å². The molecule has 4 aromatic carbocycles. The van der Waals surface area contributed by atoms with E-state index in [1.54, 1.807) is 24.3 Å². The first-order valence-corrected chi connectivity index (χ1v) is 15.0. The van der Waals surface area contributed by atoms with Crippen LogP contribution in [0.25, 0.3) is 0 Å². The van der Waals surface area contributed by atoms with E-state index in [9.17, 15) is 22.4 Å². The smallest absolute Gasteiger partial charge is 0.264 e. The highest BCUT2D eigenvalue weighted by Gasteiger charge is 2.34. The minimum absolute atomic E-state index is 0.0920. The van der Waals surface area contributed by atoms with Crippen LogP contribution in [-0.2, 0) is 32.6 Å². The number of hydrogen-bond donors (Lipinski definition) is 1. The number of anilines is 1. The van der Waals surface area contributed by atoms with Crippen molar-refractivity contribution in [2.24, 2.45) is 0 Å². The van der Waals surface area contributed by atoms with Gasteiger partial charge in [-0.1, -0.05) is 72.3 Å². The van der Waals surface area contributed by atoms with Gasteiger partial charge in [0.15, 0.2) is 0 Å². The minimum Gasteiger partial charge on any atom is -0.357 e. The monoisotopic (exact) mass is 587 g/mol. The van der Waals surface area contributed by atoms with Crippen LogP contribution in [0.5, 0.6) is 0 Å². The van der Waals surface area contributed by atoms with E-state index in [1.165, 1.54) is 24.1 Å². The second-order valence-corrected chi connectivity index (χ2v) is 11.9. The summed E-state index contributed by atoms with van der Waals surface area (Å²) in [6.45, 7) is 3.31. The van der Waals surface area contributed by atoms with Gasteiger partial charge >= 0.3 is 0 Å². The number of carbonyl (C=O) groups excluding carboxylic acids is 2. The average molecular weight is 588 g/mol. The third kappa shape index (κ3) is 7.22. The molecule has 218 valence electrons. The number of hydrogen-bond acceptors (Lipinski definition) is 4. The number of likely N-dealkylation sites (N-methyl/N-ethyl adjacent to an activating group) is 1. The van der Waals surface area contributed by atoms with Crippen LogP contribution in [0.4, 0.5) is 10.1 Å². The zero-order valence-electron chi connectivity index (χ0n) is 23.8. The highest BCUT2D eigenvalue weighted by atomic mass is 32.2. The first kappa shape index (κ1) is 30.5. The zero-order chi connectivity index (χ0) is 30.3. The van der Waals surface area contributed by atoms with Crippen molar-refractivity contribution in [1.29, 1.82) is 0 Å². The second kappa shape index (κ2) is 13.4. The number of aryl methyl sites for hydroxylation is 2. The molecule has 0 fully saturated rings. The zero-order valence-corrected chi connectivity index (χ0v) is 24.6. The van der Waals surface area contributed by atoms with Crippen LogP contribution in [0.15, 0.2) is 108 Å². The Morgan fingerprint density at radius 3 is 2.07 bits per heavy atom. The lowest BCUT2D eigenvalue weighted by Gasteiger charge is -2.34. The van der Waals surface area contributed by atoms with Crippen LogP contribution in [0.3, 0.4) is 0 Å². The van der Waals surface area contributed by atoms with E-state index in [1.807, 2.05) is 68.4 Å². The number of carbonyl (C=O) groups is 2. The van der Waals surface area contributed by atoms with Crippen molar-refractivity contribution in [3.05, 3.63) is 131 Å². The Morgan fingerprint density at radius 1 is 0.833 bits per heavy atom. The molecule has 0 saturated heterocycles. The van der Waals surface area contributed by atoms with Crippen LogP contribution >= 0.6 is 0 Å². The Balaban J connectivity index is 1.79. The van der Waals surface area contributed by atoms with Gasteiger partial charge in [-0.2, -0.15) is 0 Å². The van der Waals surface area contributed by atoms with Crippen molar-refractivity contribution >= 4 is 27.5 Å². The fourth-order valence-corrected chi connectivity index (χ4v) is 6.08. The molecular weight excluding hydrogens is 553 g/mol. The Hall–Kier alpha value is -4.50. The molecular formula is C33H34FN3O4S. The molecule has 0 spiro atoms. The molecule has 0 unspecified atom stereocenters. The molecule has 0 saturated carbocycles. The van der Waals surface area contributed by atoms with Gasteiger partial charge in [-0.15, -0.1) is 0 Å². The lowest BCUT2D eigenvalue weighted by molar-refractivity contribution is -0.139. The maximum absolute atomic E-state index is 14.3. The molecule has 1 atom stereocenters. The van der Waals surface area contributed by atoms with Crippen LogP contribution < -0.4 is 9.62 Å². The summed E-state index contributed by atoms with van der Waals surface area (Å²) in [5.41, 5.74) is 3.79. The number of nitrogens with zero attached hydrogens (tertiary/aromatic N) is 2. The van der Waals surface area contributed by atoms with Crippen LogP contribution in [0.2, 0.25) is 0 Å². The Labute approximate surface area is 246 Å². The molecule has 0 aromatic heterocycles. The fraction of sp³-hybridized carbons (Fsp3) is 0.212. The summed E-state index contributed by atoms with van der Waals surface area (Å²) in [5.74, 6) is -1.51.